The lowest BCUT2D eigenvalue weighted by atomic mass is 10.1. The summed E-state index contributed by atoms with van der Waals surface area (Å²) in [5.41, 5.74) is 0.721. The molecule has 1 aliphatic rings. The number of aliphatic carboxylic acids is 1. The summed E-state index contributed by atoms with van der Waals surface area (Å²) >= 11 is 0. The van der Waals surface area contributed by atoms with Gasteiger partial charge in [0.15, 0.2) is 11.9 Å². The molecule has 6 heteroatoms. The molecule has 1 amide bonds. The molecular formula is C13H13NO5. The SMILES string of the molecule is CC(=O)c1ccc2c(c1)N(CC(=O)O)C(=O)C(C)O2. The Morgan fingerprint density at radius 3 is 2.68 bits per heavy atom. The number of Topliss-reactive ketones (excluding diaryl/α,β-unsaturated/α-hetero) is 1. The van der Waals surface area contributed by atoms with E-state index < -0.39 is 24.5 Å². The first-order valence-corrected chi connectivity index (χ1v) is 5.75. The first kappa shape index (κ1) is 13.1. The minimum absolute atomic E-state index is 0.163. The fourth-order valence-electron chi connectivity index (χ4n) is 1.92. The average Bonchev–Trinajstić information content (AvgIpc) is 2.34. The van der Waals surface area contributed by atoms with Gasteiger partial charge in [0.1, 0.15) is 12.3 Å². The fourth-order valence-corrected chi connectivity index (χ4v) is 1.92. The highest BCUT2D eigenvalue weighted by Gasteiger charge is 2.33. The van der Waals surface area contributed by atoms with E-state index in [1.165, 1.54) is 13.0 Å². The highest BCUT2D eigenvalue weighted by molar-refractivity contribution is 6.04. The zero-order valence-corrected chi connectivity index (χ0v) is 10.5. The van der Waals surface area contributed by atoms with Crippen LogP contribution in [0.15, 0.2) is 18.2 Å². The van der Waals surface area contributed by atoms with Crippen LogP contribution >= 0.6 is 0 Å². The first-order valence-electron chi connectivity index (χ1n) is 5.75. The van der Waals surface area contributed by atoms with Crippen LogP contribution in [0.2, 0.25) is 0 Å². The van der Waals surface area contributed by atoms with Gasteiger partial charge in [-0.3, -0.25) is 19.3 Å². The van der Waals surface area contributed by atoms with E-state index in [1.54, 1.807) is 19.1 Å². The summed E-state index contributed by atoms with van der Waals surface area (Å²) in [7, 11) is 0. The van der Waals surface area contributed by atoms with Crippen molar-refractivity contribution in [3.8, 4) is 5.75 Å². The third kappa shape index (κ3) is 2.42. The number of carboxylic acids is 1. The van der Waals surface area contributed by atoms with E-state index >= 15 is 0 Å². The first-order chi connectivity index (χ1) is 8.90. The van der Waals surface area contributed by atoms with Crippen molar-refractivity contribution >= 4 is 23.3 Å². The van der Waals surface area contributed by atoms with Crippen molar-refractivity contribution < 1.29 is 24.2 Å². The molecule has 100 valence electrons. The number of fused-ring (bicyclic) bond motifs is 1. The predicted octanol–water partition coefficient (Wildman–Crippen LogP) is 1.09. The standard InChI is InChI=1S/C13H13NO5/c1-7(15)9-3-4-11-10(5-9)14(6-12(16)17)13(18)8(2)19-11/h3-5,8H,6H2,1-2H3,(H,16,17). The molecule has 1 unspecified atom stereocenters. The van der Waals surface area contributed by atoms with E-state index in [4.69, 9.17) is 9.84 Å². The largest absolute Gasteiger partial charge is 0.480 e. The lowest BCUT2D eigenvalue weighted by Crippen LogP contribution is -2.46. The van der Waals surface area contributed by atoms with Crippen molar-refractivity contribution in [1.29, 1.82) is 0 Å². The molecule has 19 heavy (non-hydrogen) atoms. The van der Waals surface area contributed by atoms with Gasteiger partial charge in [-0.05, 0) is 32.0 Å². The number of rotatable bonds is 3. The number of hydrogen-bond acceptors (Lipinski definition) is 4. The molecular weight excluding hydrogens is 250 g/mol. The molecule has 0 fully saturated rings. The van der Waals surface area contributed by atoms with Crippen LogP contribution in [0.25, 0.3) is 0 Å². The minimum Gasteiger partial charge on any atom is -0.480 e. The zero-order chi connectivity index (χ0) is 14.2. The molecule has 0 saturated heterocycles. The van der Waals surface area contributed by atoms with Gasteiger partial charge >= 0.3 is 5.97 Å². The maximum Gasteiger partial charge on any atom is 0.323 e. The normalized spacial score (nSPS) is 17.7. The maximum atomic E-state index is 12.0. The Morgan fingerprint density at radius 1 is 1.42 bits per heavy atom. The Hall–Kier alpha value is -2.37. The minimum atomic E-state index is -1.12. The van der Waals surface area contributed by atoms with Gasteiger partial charge in [0.25, 0.3) is 5.91 Å². The molecule has 1 aliphatic heterocycles. The average molecular weight is 263 g/mol. The molecule has 2 rings (SSSR count). The second-order valence-electron chi connectivity index (χ2n) is 4.32. The van der Waals surface area contributed by atoms with E-state index in [2.05, 4.69) is 0 Å². The highest BCUT2D eigenvalue weighted by Crippen LogP contribution is 2.34. The highest BCUT2D eigenvalue weighted by atomic mass is 16.5. The Labute approximate surface area is 109 Å². The number of ketones is 1. The molecule has 0 spiro atoms. The fraction of sp³-hybridized carbons (Fsp3) is 0.308. The summed E-state index contributed by atoms with van der Waals surface area (Å²) in [5, 5.41) is 8.87. The molecule has 6 nitrogen and oxygen atoms in total. The lowest BCUT2D eigenvalue weighted by molar-refractivity contribution is -0.137. The van der Waals surface area contributed by atoms with Crippen LogP contribution < -0.4 is 9.64 Å². The number of benzene rings is 1. The summed E-state index contributed by atoms with van der Waals surface area (Å²) in [4.78, 5) is 35.3. The van der Waals surface area contributed by atoms with Crippen LogP contribution in [-0.2, 0) is 9.59 Å². The van der Waals surface area contributed by atoms with Crippen LogP contribution in [0.1, 0.15) is 24.2 Å². The molecule has 1 N–H and O–H groups in total. The second kappa shape index (κ2) is 4.72. The monoisotopic (exact) mass is 263 g/mol. The van der Waals surface area contributed by atoms with Gasteiger partial charge in [-0.15, -0.1) is 0 Å². The smallest absolute Gasteiger partial charge is 0.323 e. The summed E-state index contributed by atoms with van der Waals surface area (Å²) in [6.07, 6.45) is -0.741. The molecule has 0 aliphatic carbocycles. The molecule has 1 aromatic rings. The van der Waals surface area contributed by atoms with Gasteiger partial charge in [0, 0.05) is 5.56 Å². The maximum absolute atomic E-state index is 12.0. The van der Waals surface area contributed by atoms with E-state index in [9.17, 15) is 14.4 Å². The predicted molar refractivity (Wildman–Crippen MR) is 66.5 cm³/mol. The number of carboxylic acid groups (broad SMARTS) is 1. The zero-order valence-electron chi connectivity index (χ0n) is 10.5. The molecule has 1 aromatic carbocycles. The molecule has 0 saturated carbocycles. The molecule has 0 aromatic heterocycles. The van der Waals surface area contributed by atoms with Crippen molar-refractivity contribution in [3.05, 3.63) is 23.8 Å². The number of hydrogen-bond donors (Lipinski definition) is 1. The number of carbonyl (C=O) groups is 3. The molecule has 0 bridgehead atoms. The van der Waals surface area contributed by atoms with Crippen molar-refractivity contribution in [3.63, 3.8) is 0 Å². The van der Waals surface area contributed by atoms with E-state index in [1.807, 2.05) is 0 Å². The van der Waals surface area contributed by atoms with Crippen molar-refractivity contribution in [1.82, 2.24) is 0 Å². The Morgan fingerprint density at radius 2 is 2.11 bits per heavy atom. The van der Waals surface area contributed by atoms with Crippen LogP contribution in [0.4, 0.5) is 5.69 Å². The number of ether oxygens (including phenoxy) is 1. The van der Waals surface area contributed by atoms with Crippen LogP contribution in [0.3, 0.4) is 0 Å². The van der Waals surface area contributed by atoms with Crippen LogP contribution in [0.5, 0.6) is 5.75 Å². The third-order valence-corrected chi connectivity index (χ3v) is 2.87. The molecule has 0 radical (unpaired) electrons. The summed E-state index contributed by atoms with van der Waals surface area (Å²) < 4.78 is 5.40. The van der Waals surface area contributed by atoms with Gasteiger partial charge in [0.2, 0.25) is 0 Å². The van der Waals surface area contributed by atoms with Gasteiger partial charge in [-0.25, -0.2) is 0 Å². The molecule has 1 heterocycles. The van der Waals surface area contributed by atoms with Crippen molar-refractivity contribution in [2.24, 2.45) is 0 Å². The van der Waals surface area contributed by atoms with Gasteiger partial charge < -0.3 is 9.84 Å². The second-order valence-corrected chi connectivity index (χ2v) is 4.32. The van der Waals surface area contributed by atoms with Gasteiger partial charge in [-0.1, -0.05) is 0 Å². The van der Waals surface area contributed by atoms with E-state index in [0.717, 1.165) is 4.90 Å². The summed E-state index contributed by atoms with van der Waals surface area (Å²) in [6.45, 7) is 2.50. The lowest BCUT2D eigenvalue weighted by Gasteiger charge is -2.32. The number of amides is 1. The number of nitrogens with zero attached hydrogens (tertiary/aromatic N) is 1. The van der Waals surface area contributed by atoms with Crippen molar-refractivity contribution in [2.75, 3.05) is 11.4 Å². The Bertz CT molecular complexity index is 566. The Balaban J connectivity index is 2.50. The number of anilines is 1. The summed E-state index contributed by atoms with van der Waals surface area (Å²) in [6, 6.07) is 4.64. The third-order valence-electron chi connectivity index (χ3n) is 2.87. The van der Waals surface area contributed by atoms with Gasteiger partial charge in [0.05, 0.1) is 5.69 Å². The van der Waals surface area contributed by atoms with E-state index in [-0.39, 0.29) is 5.78 Å². The topological polar surface area (TPSA) is 83.9 Å². The number of carbonyl (C=O) groups excluding carboxylic acids is 2. The van der Waals surface area contributed by atoms with Crippen molar-refractivity contribution in [2.45, 2.75) is 20.0 Å². The van der Waals surface area contributed by atoms with Crippen LogP contribution in [0, 0.1) is 0 Å². The van der Waals surface area contributed by atoms with E-state index in [0.29, 0.717) is 17.0 Å². The Kier molecular flexibility index (Phi) is 3.25. The quantitative estimate of drug-likeness (QED) is 0.825. The van der Waals surface area contributed by atoms with Gasteiger partial charge in [-0.2, -0.15) is 0 Å². The van der Waals surface area contributed by atoms with Crippen LogP contribution in [-0.4, -0.2) is 35.4 Å². The molecule has 1 atom stereocenters. The summed E-state index contributed by atoms with van der Waals surface area (Å²) in [5.74, 6) is -1.32.